The maximum Gasteiger partial charge on any atom is 0.237 e. The van der Waals surface area contributed by atoms with Gasteiger partial charge in [0.15, 0.2) is 5.78 Å². The lowest BCUT2D eigenvalue weighted by Gasteiger charge is -2.12. The van der Waals surface area contributed by atoms with E-state index in [4.69, 9.17) is 0 Å². The van der Waals surface area contributed by atoms with Crippen molar-refractivity contribution >= 4 is 29.1 Å². The molecule has 23 heavy (non-hydrogen) atoms. The average Bonchev–Trinajstić information content (AvgIpc) is 2.50. The van der Waals surface area contributed by atoms with Crippen LogP contribution in [0, 0.1) is 11.6 Å². The molecule has 2 aromatic carbocycles. The number of anilines is 1. The molecule has 120 valence electrons. The number of carbonyl (C=O) groups is 2. The molecule has 0 spiro atoms. The molecule has 0 unspecified atom stereocenters. The molecule has 0 fully saturated rings. The van der Waals surface area contributed by atoms with Crippen LogP contribution < -0.4 is 5.32 Å². The molecule has 1 atom stereocenters. The SMILES string of the molecule is CC(=O)c1ccc(NC(=O)[C@@H](C)Sc2ccc(F)cc2F)cc1. The number of Topliss-reactive ketones (excluding diaryl/α,β-unsaturated/α-hetero) is 1. The lowest BCUT2D eigenvalue weighted by molar-refractivity contribution is -0.115. The van der Waals surface area contributed by atoms with Crippen LogP contribution in [0.3, 0.4) is 0 Å². The molecule has 3 nitrogen and oxygen atoms in total. The lowest BCUT2D eigenvalue weighted by Crippen LogP contribution is -2.22. The van der Waals surface area contributed by atoms with Gasteiger partial charge in [0.25, 0.3) is 0 Å². The topological polar surface area (TPSA) is 46.2 Å². The molecule has 1 N–H and O–H groups in total. The van der Waals surface area contributed by atoms with Crippen LogP contribution in [0.1, 0.15) is 24.2 Å². The molecular formula is C17H15F2NO2S. The Morgan fingerprint density at radius 3 is 2.30 bits per heavy atom. The second-order valence-electron chi connectivity index (χ2n) is 4.96. The van der Waals surface area contributed by atoms with E-state index in [1.165, 1.54) is 13.0 Å². The summed E-state index contributed by atoms with van der Waals surface area (Å²) in [5, 5.41) is 2.12. The van der Waals surface area contributed by atoms with Crippen molar-refractivity contribution in [3.8, 4) is 0 Å². The summed E-state index contributed by atoms with van der Waals surface area (Å²) in [6.07, 6.45) is 0. The van der Waals surface area contributed by atoms with Crippen molar-refractivity contribution in [2.45, 2.75) is 24.0 Å². The van der Waals surface area contributed by atoms with Gasteiger partial charge in [0.2, 0.25) is 5.91 Å². The summed E-state index contributed by atoms with van der Waals surface area (Å²) in [5.74, 6) is -1.72. The molecule has 2 aromatic rings. The normalized spacial score (nSPS) is 11.8. The van der Waals surface area contributed by atoms with Crippen molar-refractivity contribution in [1.82, 2.24) is 0 Å². The predicted molar refractivity (Wildman–Crippen MR) is 86.8 cm³/mol. The van der Waals surface area contributed by atoms with E-state index in [-0.39, 0.29) is 16.6 Å². The number of nitrogens with one attached hydrogen (secondary N) is 1. The number of carbonyl (C=O) groups excluding carboxylic acids is 2. The Balaban J connectivity index is 2.00. The Bertz CT molecular complexity index is 732. The number of hydrogen-bond donors (Lipinski definition) is 1. The van der Waals surface area contributed by atoms with E-state index < -0.39 is 16.9 Å². The van der Waals surface area contributed by atoms with Crippen LogP contribution in [0.4, 0.5) is 14.5 Å². The highest BCUT2D eigenvalue weighted by Gasteiger charge is 2.17. The molecule has 0 radical (unpaired) electrons. The minimum absolute atomic E-state index is 0.0569. The van der Waals surface area contributed by atoms with E-state index in [2.05, 4.69) is 5.32 Å². The van der Waals surface area contributed by atoms with Crippen LogP contribution >= 0.6 is 11.8 Å². The van der Waals surface area contributed by atoms with Gasteiger partial charge in [0.1, 0.15) is 11.6 Å². The summed E-state index contributed by atoms with van der Waals surface area (Å²) < 4.78 is 26.5. The Labute approximate surface area is 137 Å². The average molecular weight is 335 g/mol. The zero-order chi connectivity index (χ0) is 17.0. The minimum Gasteiger partial charge on any atom is -0.325 e. The number of halogens is 2. The van der Waals surface area contributed by atoms with E-state index in [1.54, 1.807) is 31.2 Å². The Morgan fingerprint density at radius 1 is 1.09 bits per heavy atom. The van der Waals surface area contributed by atoms with Crippen molar-refractivity contribution in [2.24, 2.45) is 0 Å². The summed E-state index contributed by atoms with van der Waals surface area (Å²) >= 11 is 1.01. The molecule has 0 aromatic heterocycles. The number of hydrogen-bond acceptors (Lipinski definition) is 3. The zero-order valence-corrected chi connectivity index (χ0v) is 13.4. The van der Waals surface area contributed by atoms with Gasteiger partial charge in [-0.1, -0.05) is 0 Å². The number of benzene rings is 2. The number of amides is 1. The fourth-order valence-corrected chi connectivity index (χ4v) is 2.71. The van der Waals surface area contributed by atoms with Crippen molar-refractivity contribution in [2.75, 3.05) is 5.32 Å². The first-order valence-electron chi connectivity index (χ1n) is 6.90. The van der Waals surface area contributed by atoms with E-state index in [1.807, 2.05) is 0 Å². The molecule has 0 bridgehead atoms. The highest BCUT2D eigenvalue weighted by atomic mass is 32.2. The van der Waals surface area contributed by atoms with Gasteiger partial charge in [-0.05, 0) is 50.2 Å². The van der Waals surface area contributed by atoms with Gasteiger partial charge >= 0.3 is 0 Å². The Hall–Kier alpha value is -2.21. The molecule has 2 rings (SSSR count). The molecule has 1 amide bonds. The molecular weight excluding hydrogens is 320 g/mol. The van der Waals surface area contributed by atoms with Crippen LogP contribution in [0.15, 0.2) is 47.4 Å². The maximum absolute atomic E-state index is 13.6. The maximum atomic E-state index is 13.6. The smallest absolute Gasteiger partial charge is 0.237 e. The van der Waals surface area contributed by atoms with Gasteiger partial charge in [0.05, 0.1) is 5.25 Å². The molecule has 0 aliphatic heterocycles. The predicted octanol–water partition coefficient (Wildman–Crippen LogP) is 4.29. The summed E-state index contributed by atoms with van der Waals surface area (Å²) in [4.78, 5) is 23.5. The van der Waals surface area contributed by atoms with Crippen LogP contribution in [0.25, 0.3) is 0 Å². The summed E-state index contributed by atoms with van der Waals surface area (Å²) in [6, 6.07) is 9.74. The van der Waals surface area contributed by atoms with Crippen LogP contribution in [0.5, 0.6) is 0 Å². The first kappa shape index (κ1) is 17.1. The molecule has 0 saturated carbocycles. The number of thioether (sulfide) groups is 1. The quantitative estimate of drug-likeness (QED) is 0.655. The molecule has 0 saturated heterocycles. The van der Waals surface area contributed by atoms with E-state index in [9.17, 15) is 18.4 Å². The highest BCUT2D eigenvalue weighted by Crippen LogP contribution is 2.27. The summed E-state index contributed by atoms with van der Waals surface area (Å²) in [6.45, 7) is 3.09. The van der Waals surface area contributed by atoms with E-state index >= 15 is 0 Å². The Morgan fingerprint density at radius 2 is 1.74 bits per heavy atom. The minimum atomic E-state index is -0.694. The van der Waals surface area contributed by atoms with Gasteiger partial charge in [0, 0.05) is 22.2 Å². The van der Waals surface area contributed by atoms with E-state index in [0.717, 1.165) is 23.9 Å². The van der Waals surface area contributed by atoms with Gasteiger partial charge < -0.3 is 5.32 Å². The number of rotatable bonds is 5. The largest absolute Gasteiger partial charge is 0.325 e. The van der Waals surface area contributed by atoms with Crippen LogP contribution in [0.2, 0.25) is 0 Å². The fourth-order valence-electron chi connectivity index (χ4n) is 1.85. The summed E-state index contributed by atoms with van der Waals surface area (Å²) in [5.41, 5.74) is 1.10. The zero-order valence-electron chi connectivity index (χ0n) is 12.6. The van der Waals surface area contributed by atoms with Crippen molar-refractivity contribution in [3.05, 3.63) is 59.7 Å². The van der Waals surface area contributed by atoms with Crippen molar-refractivity contribution < 1.29 is 18.4 Å². The third kappa shape index (κ3) is 4.63. The second-order valence-corrected chi connectivity index (χ2v) is 6.34. The first-order chi connectivity index (χ1) is 10.9. The molecule has 6 heteroatoms. The van der Waals surface area contributed by atoms with Crippen molar-refractivity contribution in [1.29, 1.82) is 0 Å². The van der Waals surface area contributed by atoms with Gasteiger partial charge in [-0.2, -0.15) is 0 Å². The third-order valence-corrected chi connectivity index (χ3v) is 4.28. The molecule has 0 aliphatic carbocycles. The lowest BCUT2D eigenvalue weighted by atomic mass is 10.1. The first-order valence-corrected chi connectivity index (χ1v) is 7.78. The van der Waals surface area contributed by atoms with E-state index in [0.29, 0.717) is 11.3 Å². The fraction of sp³-hybridized carbons (Fsp3) is 0.176. The van der Waals surface area contributed by atoms with Gasteiger partial charge in [-0.3, -0.25) is 9.59 Å². The van der Waals surface area contributed by atoms with Crippen molar-refractivity contribution in [3.63, 3.8) is 0 Å². The second kappa shape index (κ2) is 7.37. The molecule has 0 heterocycles. The summed E-state index contributed by atoms with van der Waals surface area (Å²) in [7, 11) is 0. The highest BCUT2D eigenvalue weighted by molar-refractivity contribution is 8.00. The van der Waals surface area contributed by atoms with Crippen LogP contribution in [-0.2, 0) is 4.79 Å². The third-order valence-electron chi connectivity index (χ3n) is 3.13. The van der Waals surface area contributed by atoms with Crippen LogP contribution in [-0.4, -0.2) is 16.9 Å². The Kier molecular flexibility index (Phi) is 5.50. The van der Waals surface area contributed by atoms with Gasteiger partial charge in [-0.25, -0.2) is 8.78 Å². The standard InChI is InChI=1S/C17H15F2NO2S/c1-10(21)12-3-6-14(7-4-12)20-17(22)11(2)23-16-8-5-13(18)9-15(16)19/h3-9,11H,1-2H3,(H,20,22)/t11-/m1/s1. The number of ketones is 1. The monoisotopic (exact) mass is 335 g/mol. The van der Waals surface area contributed by atoms with Gasteiger partial charge in [-0.15, -0.1) is 11.8 Å². The molecule has 0 aliphatic rings.